The molecule has 154 valence electrons. The van der Waals surface area contributed by atoms with E-state index in [0.717, 1.165) is 40.4 Å². The minimum atomic E-state index is 0.0820. The Kier molecular flexibility index (Phi) is 6.57. The predicted octanol–water partition coefficient (Wildman–Crippen LogP) is 6.34. The Hall–Kier alpha value is -2.14. The van der Waals surface area contributed by atoms with Crippen LogP contribution in [0, 0.1) is 0 Å². The third-order valence-corrected chi connectivity index (χ3v) is 6.84. The Balaban J connectivity index is 1.55. The lowest BCUT2D eigenvalue weighted by Gasteiger charge is -2.36. The number of anilines is 1. The highest BCUT2D eigenvalue weighted by molar-refractivity contribution is 7.98. The molecule has 0 aromatic heterocycles. The summed E-state index contributed by atoms with van der Waals surface area (Å²) in [7, 11) is 0. The van der Waals surface area contributed by atoms with Gasteiger partial charge in [-0.05, 0) is 47.7 Å². The minimum Gasteiger partial charge on any atom is -0.368 e. The average molecular weight is 457 g/mol. The summed E-state index contributed by atoms with van der Waals surface area (Å²) >= 11 is 13.9. The molecule has 0 radical (unpaired) electrons. The van der Waals surface area contributed by atoms with E-state index < -0.39 is 0 Å². The maximum atomic E-state index is 13.5. The van der Waals surface area contributed by atoms with Crippen molar-refractivity contribution in [3.05, 3.63) is 82.3 Å². The molecule has 1 amide bonds. The molecule has 1 aliphatic heterocycles. The molecule has 0 saturated carbocycles. The van der Waals surface area contributed by atoms with E-state index in [4.69, 9.17) is 23.2 Å². The van der Waals surface area contributed by atoms with Crippen molar-refractivity contribution >= 4 is 46.6 Å². The summed E-state index contributed by atoms with van der Waals surface area (Å²) in [6, 6.07) is 21.9. The zero-order chi connectivity index (χ0) is 21.1. The van der Waals surface area contributed by atoms with Crippen molar-refractivity contribution in [2.45, 2.75) is 4.90 Å². The van der Waals surface area contributed by atoms with E-state index in [2.05, 4.69) is 17.0 Å². The second-order valence-electron chi connectivity index (χ2n) is 7.16. The number of nitrogens with zero attached hydrogens (tertiary/aromatic N) is 2. The van der Waals surface area contributed by atoms with Crippen molar-refractivity contribution in [1.29, 1.82) is 0 Å². The van der Waals surface area contributed by atoms with E-state index in [1.165, 1.54) is 0 Å². The van der Waals surface area contributed by atoms with Crippen molar-refractivity contribution in [3.63, 3.8) is 0 Å². The van der Waals surface area contributed by atoms with Crippen LogP contribution >= 0.6 is 35.0 Å². The fraction of sp³-hybridized carbons (Fsp3) is 0.208. The Morgan fingerprint density at radius 3 is 2.27 bits per heavy atom. The van der Waals surface area contributed by atoms with Gasteiger partial charge in [0.15, 0.2) is 0 Å². The van der Waals surface area contributed by atoms with E-state index >= 15 is 0 Å². The van der Waals surface area contributed by atoms with Gasteiger partial charge in [0.05, 0.1) is 10.0 Å². The number of benzene rings is 3. The van der Waals surface area contributed by atoms with Crippen molar-refractivity contribution < 1.29 is 4.79 Å². The molecular formula is C24H22Cl2N2OS. The maximum absolute atomic E-state index is 13.5. The summed E-state index contributed by atoms with van der Waals surface area (Å²) in [5.41, 5.74) is 3.83. The van der Waals surface area contributed by atoms with E-state index in [0.29, 0.717) is 23.1 Å². The number of carbonyl (C=O) groups is 1. The lowest BCUT2D eigenvalue weighted by Crippen LogP contribution is -2.48. The topological polar surface area (TPSA) is 23.6 Å². The van der Waals surface area contributed by atoms with Crippen LogP contribution in [0.15, 0.2) is 71.6 Å². The van der Waals surface area contributed by atoms with Crippen molar-refractivity contribution in [3.8, 4) is 11.1 Å². The van der Waals surface area contributed by atoms with Gasteiger partial charge in [0.2, 0.25) is 0 Å². The number of halogens is 2. The maximum Gasteiger partial charge on any atom is 0.254 e. The normalized spacial score (nSPS) is 14.1. The summed E-state index contributed by atoms with van der Waals surface area (Å²) in [6.45, 7) is 2.84. The quantitative estimate of drug-likeness (QED) is 0.427. The van der Waals surface area contributed by atoms with Crippen LogP contribution in [0.4, 0.5) is 5.69 Å². The third-order valence-electron chi connectivity index (χ3n) is 5.38. The van der Waals surface area contributed by atoms with Crippen LogP contribution in [0.5, 0.6) is 0 Å². The van der Waals surface area contributed by atoms with Crippen LogP contribution in [0.2, 0.25) is 10.0 Å². The molecule has 6 heteroatoms. The number of piperazine rings is 1. The molecule has 4 rings (SSSR count). The number of hydrogen-bond donors (Lipinski definition) is 0. The van der Waals surface area contributed by atoms with E-state index in [9.17, 15) is 4.79 Å². The summed E-state index contributed by atoms with van der Waals surface area (Å²) in [5.74, 6) is 0.0820. The molecule has 1 aliphatic rings. The van der Waals surface area contributed by atoms with Gasteiger partial charge >= 0.3 is 0 Å². The molecule has 1 heterocycles. The lowest BCUT2D eigenvalue weighted by molar-refractivity contribution is 0.0747. The van der Waals surface area contributed by atoms with Crippen LogP contribution in [-0.2, 0) is 0 Å². The standard InChI is InChI=1S/C24H22Cl2N2OS/c1-30-19-8-9-20(17-5-3-2-4-6-17)21(16-19)24(29)28-13-11-27(12-14-28)18-7-10-22(25)23(26)15-18/h2-10,15-16H,11-14H2,1H3. The van der Waals surface area contributed by atoms with Crippen LogP contribution in [0.25, 0.3) is 11.1 Å². The van der Waals surface area contributed by atoms with Crippen LogP contribution in [0.1, 0.15) is 10.4 Å². The average Bonchev–Trinajstić information content (AvgIpc) is 2.80. The first-order chi connectivity index (χ1) is 14.6. The molecule has 0 N–H and O–H groups in total. The highest BCUT2D eigenvalue weighted by Gasteiger charge is 2.25. The highest BCUT2D eigenvalue weighted by atomic mass is 35.5. The molecule has 0 atom stereocenters. The SMILES string of the molecule is CSc1ccc(-c2ccccc2)c(C(=O)N2CCN(c3ccc(Cl)c(Cl)c3)CC2)c1. The first kappa shape index (κ1) is 21.1. The number of thioether (sulfide) groups is 1. The largest absolute Gasteiger partial charge is 0.368 e. The molecule has 0 aliphatic carbocycles. The summed E-state index contributed by atoms with van der Waals surface area (Å²) < 4.78 is 0. The van der Waals surface area contributed by atoms with Gasteiger partial charge in [0.1, 0.15) is 0 Å². The van der Waals surface area contributed by atoms with Gasteiger partial charge < -0.3 is 9.80 Å². The van der Waals surface area contributed by atoms with Crippen molar-refractivity contribution in [2.24, 2.45) is 0 Å². The van der Waals surface area contributed by atoms with Gasteiger partial charge in [0.25, 0.3) is 5.91 Å². The smallest absolute Gasteiger partial charge is 0.254 e. The first-order valence-electron chi connectivity index (χ1n) is 9.79. The Morgan fingerprint density at radius 2 is 1.60 bits per heavy atom. The summed E-state index contributed by atoms with van der Waals surface area (Å²) in [4.78, 5) is 18.7. The highest BCUT2D eigenvalue weighted by Crippen LogP contribution is 2.30. The molecule has 30 heavy (non-hydrogen) atoms. The number of amides is 1. The van der Waals surface area contributed by atoms with E-state index in [1.54, 1.807) is 11.8 Å². The van der Waals surface area contributed by atoms with E-state index in [-0.39, 0.29) is 5.91 Å². The Morgan fingerprint density at radius 1 is 0.867 bits per heavy atom. The van der Waals surface area contributed by atoms with Gasteiger partial charge in [-0.3, -0.25) is 4.79 Å². The second-order valence-corrected chi connectivity index (χ2v) is 8.85. The van der Waals surface area contributed by atoms with Gasteiger partial charge in [-0.25, -0.2) is 0 Å². The molecule has 1 fully saturated rings. The molecule has 0 spiro atoms. The fourth-order valence-corrected chi connectivity index (χ4v) is 4.45. The van der Waals surface area contributed by atoms with Gasteiger partial charge in [-0.15, -0.1) is 11.8 Å². The van der Waals surface area contributed by atoms with Crippen LogP contribution < -0.4 is 4.90 Å². The fourth-order valence-electron chi connectivity index (χ4n) is 3.72. The number of rotatable bonds is 4. The number of carbonyl (C=O) groups excluding carboxylic acids is 1. The molecule has 3 nitrogen and oxygen atoms in total. The second kappa shape index (κ2) is 9.34. The molecular weight excluding hydrogens is 435 g/mol. The lowest BCUT2D eigenvalue weighted by atomic mass is 9.98. The van der Waals surface area contributed by atoms with Crippen LogP contribution in [-0.4, -0.2) is 43.2 Å². The van der Waals surface area contributed by atoms with Crippen molar-refractivity contribution in [2.75, 3.05) is 37.3 Å². The third kappa shape index (κ3) is 4.46. The summed E-state index contributed by atoms with van der Waals surface area (Å²) in [5, 5.41) is 1.10. The predicted molar refractivity (Wildman–Crippen MR) is 128 cm³/mol. The van der Waals surface area contributed by atoms with E-state index in [1.807, 2.05) is 65.8 Å². The Labute approximate surface area is 191 Å². The van der Waals surface area contributed by atoms with Gasteiger partial charge in [0, 0.05) is 42.3 Å². The number of hydrogen-bond acceptors (Lipinski definition) is 3. The molecule has 3 aromatic carbocycles. The molecule has 3 aromatic rings. The zero-order valence-electron chi connectivity index (χ0n) is 16.6. The van der Waals surface area contributed by atoms with Gasteiger partial charge in [-0.2, -0.15) is 0 Å². The molecule has 0 unspecified atom stereocenters. The molecule has 0 bridgehead atoms. The van der Waals surface area contributed by atoms with Crippen LogP contribution in [0.3, 0.4) is 0 Å². The monoisotopic (exact) mass is 456 g/mol. The first-order valence-corrected chi connectivity index (χ1v) is 11.8. The Bertz CT molecular complexity index is 1050. The van der Waals surface area contributed by atoms with Crippen molar-refractivity contribution in [1.82, 2.24) is 4.90 Å². The summed E-state index contributed by atoms with van der Waals surface area (Å²) in [6.07, 6.45) is 2.03. The minimum absolute atomic E-state index is 0.0820. The molecule has 1 saturated heterocycles. The van der Waals surface area contributed by atoms with Gasteiger partial charge in [-0.1, -0.05) is 59.6 Å². The zero-order valence-corrected chi connectivity index (χ0v) is 19.0.